The standard InChI is InChI=1S/C19H29NO3S/c1-2-14-24(21,22)20-11-9-19(10-12-20)16-18(8-13-23-19)15-17-6-4-3-5-7-17/h3-7,18H,2,8-16H2,1H3. The van der Waals surface area contributed by atoms with Gasteiger partial charge >= 0.3 is 0 Å². The van der Waals surface area contributed by atoms with E-state index >= 15 is 0 Å². The van der Waals surface area contributed by atoms with E-state index in [0.717, 1.165) is 38.7 Å². The Morgan fingerprint density at radius 2 is 1.92 bits per heavy atom. The van der Waals surface area contributed by atoms with Gasteiger partial charge in [-0.15, -0.1) is 0 Å². The molecule has 1 unspecified atom stereocenters. The van der Waals surface area contributed by atoms with E-state index in [1.165, 1.54) is 5.56 Å². The summed E-state index contributed by atoms with van der Waals surface area (Å²) in [5.41, 5.74) is 1.29. The van der Waals surface area contributed by atoms with Crippen molar-refractivity contribution in [2.75, 3.05) is 25.4 Å². The molecule has 24 heavy (non-hydrogen) atoms. The number of sulfonamides is 1. The molecular formula is C19H29NO3S. The van der Waals surface area contributed by atoms with Gasteiger partial charge in [0, 0.05) is 19.7 Å². The summed E-state index contributed by atoms with van der Waals surface area (Å²) in [4.78, 5) is 0. The molecule has 0 amide bonds. The monoisotopic (exact) mass is 351 g/mol. The topological polar surface area (TPSA) is 46.6 Å². The van der Waals surface area contributed by atoms with Crippen molar-refractivity contribution < 1.29 is 13.2 Å². The van der Waals surface area contributed by atoms with Crippen LogP contribution in [0.5, 0.6) is 0 Å². The first-order valence-electron chi connectivity index (χ1n) is 9.19. The maximum atomic E-state index is 12.2. The molecule has 3 rings (SSSR count). The minimum absolute atomic E-state index is 0.101. The number of hydrogen-bond acceptors (Lipinski definition) is 3. The predicted octanol–water partition coefficient (Wildman–Crippen LogP) is 3.23. The summed E-state index contributed by atoms with van der Waals surface area (Å²) in [6.07, 6.45) is 5.62. The number of hydrogen-bond donors (Lipinski definition) is 0. The van der Waals surface area contributed by atoms with Crippen molar-refractivity contribution in [1.82, 2.24) is 4.31 Å². The first-order chi connectivity index (χ1) is 11.5. The van der Waals surface area contributed by atoms with Gasteiger partial charge in [0.2, 0.25) is 10.0 Å². The zero-order valence-electron chi connectivity index (χ0n) is 14.6. The highest BCUT2D eigenvalue weighted by Gasteiger charge is 2.42. The van der Waals surface area contributed by atoms with E-state index in [4.69, 9.17) is 4.74 Å². The van der Waals surface area contributed by atoms with Crippen molar-refractivity contribution in [3.05, 3.63) is 35.9 Å². The molecule has 2 heterocycles. The third-order valence-corrected chi connectivity index (χ3v) is 7.53. The molecule has 1 aromatic carbocycles. The summed E-state index contributed by atoms with van der Waals surface area (Å²) in [5.74, 6) is 0.900. The van der Waals surface area contributed by atoms with Crippen molar-refractivity contribution in [1.29, 1.82) is 0 Å². The number of nitrogens with zero attached hydrogens (tertiary/aromatic N) is 1. The van der Waals surface area contributed by atoms with Gasteiger partial charge in [-0.1, -0.05) is 37.3 Å². The van der Waals surface area contributed by atoms with E-state index < -0.39 is 10.0 Å². The first-order valence-corrected chi connectivity index (χ1v) is 10.8. The van der Waals surface area contributed by atoms with Gasteiger partial charge in [-0.05, 0) is 50.0 Å². The summed E-state index contributed by atoms with van der Waals surface area (Å²) in [6.45, 7) is 3.95. The van der Waals surface area contributed by atoms with Crippen molar-refractivity contribution >= 4 is 10.0 Å². The summed E-state index contributed by atoms with van der Waals surface area (Å²) >= 11 is 0. The lowest BCUT2D eigenvalue weighted by Gasteiger charge is -2.46. The molecule has 0 aromatic heterocycles. The largest absolute Gasteiger partial charge is 0.375 e. The fraction of sp³-hybridized carbons (Fsp3) is 0.684. The molecule has 0 aliphatic carbocycles. The summed E-state index contributed by atoms with van der Waals surface area (Å²) < 4.78 is 32.3. The number of rotatable bonds is 5. The van der Waals surface area contributed by atoms with E-state index in [1.54, 1.807) is 4.31 Å². The average Bonchev–Trinajstić information content (AvgIpc) is 2.56. The van der Waals surface area contributed by atoms with Crippen LogP contribution in [0.3, 0.4) is 0 Å². The van der Waals surface area contributed by atoms with Crippen LogP contribution in [0.15, 0.2) is 30.3 Å². The number of piperidine rings is 1. The van der Waals surface area contributed by atoms with Gasteiger partial charge < -0.3 is 4.74 Å². The Labute approximate surface area is 146 Å². The number of benzene rings is 1. The zero-order valence-corrected chi connectivity index (χ0v) is 15.4. The van der Waals surface area contributed by atoms with Crippen LogP contribution in [-0.4, -0.2) is 43.8 Å². The molecule has 0 bridgehead atoms. The minimum Gasteiger partial charge on any atom is -0.375 e. The van der Waals surface area contributed by atoms with Crippen molar-refractivity contribution in [2.45, 2.75) is 51.0 Å². The van der Waals surface area contributed by atoms with E-state index in [-0.39, 0.29) is 11.4 Å². The molecule has 1 aromatic rings. The van der Waals surface area contributed by atoms with Crippen molar-refractivity contribution in [3.8, 4) is 0 Å². The van der Waals surface area contributed by atoms with Crippen molar-refractivity contribution in [2.24, 2.45) is 5.92 Å². The molecule has 4 nitrogen and oxygen atoms in total. The highest BCUT2D eigenvalue weighted by molar-refractivity contribution is 7.89. The van der Waals surface area contributed by atoms with Crippen LogP contribution in [-0.2, 0) is 21.2 Å². The van der Waals surface area contributed by atoms with Gasteiger partial charge in [0.05, 0.1) is 11.4 Å². The van der Waals surface area contributed by atoms with Gasteiger partial charge in [0.1, 0.15) is 0 Å². The van der Waals surface area contributed by atoms with Crippen molar-refractivity contribution in [3.63, 3.8) is 0 Å². The first kappa shape index (κ1) is 17.9. The Kier molecular flexibility index (Phi) is 5.63. The molecule has 134 valence electrons. The quantitative estimate of drug-likeness (QED) is 0.818. The Bertz CT molecular complexity index is 621. The lowest BCUT2D eigenvalue weighted by molar-refractivity contribution is -0.120. The summed E-state index contributed by atoms with van der Waals surface area (Å²) in [5, 5.41) is 0. The molecule has 5 heteroatoms. The van der Waals surface area contributed by atoms with E-state index in [0.29, 0.717) is 25.4 Å². The third kappa shape index (κ3) is 4.19. The Morgan fingerprint density at radius 1 is 1.21 bits per heavy atom. The van der Waals surface area contributed by atoms with E-state index in [1.807, 2.05) is 6.92 Å². The molecule has 0 saturated carbocycles. The molecular weight excluding hydrogens is 322 g/mol. The highest BCUT2D eigenvalue weighted by atomic mass is 32.2. The molecule has 0 N–H and O–H groups in total. The van der Waals surface area contributed by atoms with E-state index in [2.05, 4.69) is 30.3 Å². The second kappa shape index (κ2) is 7.54. The molecule has 1 spiro atoms. The van der Waals surface area contributed by atoms with Gasteiger partial charge in [0.15, 0.2) is 0 Å². The Balaban J connectivity index is 1.59. The highest BCUT2D eigenvalue weighted by Crippen LogP contribution is 2.39. The second-order valence-corrected chi connectivity index (χ2v) is 9.38. The van der Waals surface area contributed by atoms with Crippen LogP contribution in [0.2, 0.25) is 0 Å². The molecule has 0 radical (unpaired) electrons. The minimum atomic E-state index is -3.07. The second-order valence-electron chi connectivity index (χ2n) is 7.30. The Hall–Kier alpha value is -0.910. The maximum absolute atomic E-state index is 12.2. The van der Waals surface area contributed by atoms with E-state index in [9.17, 15) is 8.42 Å². The molecule has 2 fully saturated rings. The van der Waals surface area contributed by atoms with Gasteiger partial charge in [-0.25, -0.2) is 12.7 Å². The van der Waals surface area contributed by atoms with Gasteiger partial charge in [0.25, 0.3) is 0 Å². The molecule has 2 aliphatic rings. The average molecular weight is 352 g/mol. The predicted molar refractivity (Wildman–Crippen MR) is 96.4 cm³/mol. The van der Waals surface area contributed by atoms with Crippen LogP contribution >= 0.6 is 0 Å². The molecule has 2 aliphatic heterocycles. The van der Waals surface area contributed by atoms with Gasteiger partial charge in [-0.3, -0.25) is 0 Å². The van der Waals surface area contributed by atoms with Crippen LogP contribution in [0.4, 0.5) is 0 Å². The zero-order chi connectivity index (χ0) is 17.0. The normalized spacial score (nSPS) is 25.0. The summed E-state index contributed by atoms with van der Waals surface area (Å²) in [6, 6.07) is 10.6. The molecule has 2 saturated heterocycles. The van der Waals surface area contributed by atoms with Crippen LogP contribution in [0.1, 0.15) is 44.6 Å². The lowest BCUT2D eigenvalue weighted by atomic mass is 9.78. The molecule has 1 atom stereocenters. The van der Waals surface area contributed by atoms with Crippen LogP contribution in [0.25, 0.3) is 0 Å². The maximum Gasteiger partial charge on any atom is 0.214 e. The fourth-order valence-corrected chi connectivity index (χ4v) is 5.67. The lowest BCUT2D eigenvalue weighted by Crippen LogP contribution is -2.51. The third-order valence-electron chi connectivity index (χ3n) is 5.45. The summed E-state index contributed by atoms with van der Waals surface area (Å²) in [7, 11) is -3.07. The Morgan fingerprint density at radius 3 is 2.58 bits per heavy atom. The van der Waals surface area contributed by atoms with Crippen LogP contribution < -0.4 is 0 Å². The smallest absolute Gasteiger partial charge is 0.214 e. The van der Waals surface area contributed by atoms with Gasteiger partial charge in [-0.2, -0.15) is 0 Å². The van der Waals surface area contributed by atoms with Crippen LogP contribution in [0, 0.1) is 5.92 Å². The SMILES string of the molecule is CCCS(=O)(=O)N1CCC2(CC1)CC(Cc1ccccc1)CCO2. The fourth-order valence-electron chi connectivity index (χ4n) is 4.16. The number of ether oxygens (including phenoxy) is 1.